The lowest BCUT2D eigenvalue weighted by Crippen LogP contribution is -2.44. The maximum Gasteiger partial charge on any atom is 0.178 e. The molecule has 0 saturated carbocycles. The fourth-order valence-corrected chi connectivity index (χ4v) is 5.02. The second-order valence-electron chi connectivity index (χ2n) is 8.97. The first-order chi connectivity index (χ1) is 16.3. The molecule has 6 heterocycles. The second kappa shape index (κ2) is 8.92. The molecular formula is C23H31N7O3. The van der Waals surface area contributed by atoms with Crippen molar-refractivity contribution in [2.24, 2.45) is 0 Å². The van der Waals surface area contributed by atoms with Crippen LogP contribution < -0.4 is 9.80 Å². The van der Waals surface area contributed by atoms with Gasteiger partial charge in [-0.05, 0) is 32.3 Å². The summed E-state index contributed by atoms with van der Waals surface area (Å²) in [5.41, 5.74) is 3.85. The predicted octanol–water partition coefficient (Wildman–Crippen LogP) is 2.35. The quantitative estimate of drug-likeness (QED) is 0.596. The average Bonchev–Trinajstić information content (AvgIpc) is 3.52. The van der Waals surface area contributed by atoms with Crippen LogP contribution in [0.3, 0.4) is 0 Å². The SMILES string of the molecule is C[C@@H]1COCCN1c1cc(N2CCOCC2)c2ncc(-c3ccnn3C3CCCCO3)n2n1. The Hall–Kier alpha value is -2.69. The summed E-state index contributed by atoms with van der Waals surface area (Å²) in [7, 11) is 0. The van der Waals surface area contributed by atoms with E-state index in [9.17, 15) is 0 Å². The normalized spacial score (nSPS) is 24.5. The zero-order chi connectivity index (χ0) is 22.2. The Morgan fingerprint density at radius 2 is 1.88 bits per heavy atom. The Kier molecular flexibility index (Phi) is 5.65. The number of imidazole rings is 1. The predicted molar refractivity (Wildman–Crippen MR) is 124 cm³/mol. The maximum atomic E-state index is 6.03. The number of aromatic nitrogens is 5. The molecule has 1 unspecified atom stereocenters. The highest BCUT2D eigenvalue weighted by Crippen LogP contribution is 2.33. The second-order valence-corrected chi connectivity index (χ2v) is 8.97. The van der Waals surface area contributed by atoms with E-state index < -0.39 is 0 Å². The Balaban J connectivity index is 1.47. The number of nitrogens with zero attached hydrogens (tertiary/aromatic N) is 7. The highest BCUT2D eigenvalue weighted by atomic mass is 16.5. The first-order valence-electron chi connectivity index (χ1n) is 12.0. The number of morpholine rings is 2. The number of anilines is 2. The van der Waals surface area contributed by atoms with Gasteiger partial charge in [0.1, 0.15) is 5.69 Å². The summed E-state index contributed by atoms with van der Waals surface area (Å²) < 4.78 is 21.3. The summed E-state index contributed by atoms with van der Waals surface area (Å²) in [6.45, 7) is 8.31. The summed E-state index contributed by atoms with van der Waals surface area (Å²) in [4.78, 5) is 9.52. The molecule has 3 saturated heterocycles. The topological polar surface area (TPSA) is 82.2 Å². The molecule has 0 amide bonds. The zero-order valence-corrected chi connectivity index (χ0v) is 19.1. The molecule has 3 fully saturated rings. The largest absolute Gasteiger partial charge is 0.378 e. The fourth-order valence-electron chi connectivity index (χ4n) is 5.02. The van der Waals surface area contributed by atoms with Crippen LogP contribution in [0.15, 0.2) is 24.5 Å². The van der Waals surface area contributed by atoms with Crippen LogP contribution >= 0.6 is 0 Å². The van der Waals surface area contributed by atoms with E-state index in [1.54, 1.807) is 0 Å². The zero-order valence-electron chi connectivity index (χ0n) is 19.1. The lowest BCUT2D eigenvalue weighted by molar-refractivity contribution is -0.0384. The molecule has 3 aliphatic heterocycles. The standard InChI is InChI=1S/C23H31N7O3/c1-17-16-32-13-9-28(17)21-14-19(27-7-11-31-12-8-27)23-24-15-20(30(23)26-21)18-5-6-25-29(18)22-4-2-3-10-33-22/h5-6,14-15,17,22H,2-4,7-13,16H2,1H3/t17-,22?/m1/s1. The van der Waals surface area contributed by atoms with Crippen LogP contribution in [-0.4, -0.2) is 83.1 Å². The highest BCUT2D eigenvalue weighted by molar-refractivity contribution is 5.75. The summed E-state index contributed by atoms with van der Waals surface area (Å²) >= 11 is 0. The van der Waals surface area contributed by atoms with Gasteiger partial charge in [0.25, 0.3) is 0 Å². The third-order valence-corrected chi connectivity index (χ3v) is 6.81. The third kappa shape index (κ3) is 3.85. The van der Waals surface area contributed by atoms with E-state index in [1.165, 1.54) is 0 Å². The molecule has 0 aliphatic carbocycles. The molecule has 33 heavy (non-hydrogen) atoms. The summed E-state index contributed by atoms with van der Waals surface area (Å²) in [5.74, 6) is 0.944. The molecule has 3 aromatic rings. The Morgan fingerprint density at radius 1 is 1.00 bits per heavy atom. The minimum Gasteiger partial charge on any atom is -0.378 e. The molecule has 6 rings (SSSR count). The van der Waals surface area contributed by atoms with Gasteiger partial charge in [0.15, 0.2) is 17.7 Å². The van der Waals surface area contributed by atoms with E-state index in [0.717, 1.165) is 87.3 Å². The van der Waals surface area contributed by atoms with Crippen molar-refractivity contribution in [3.63, 3.8) is 0 Å². The molecule has 0 bridgehead atoms. The molecule has 10 heteroatoms. The van der Waals surface area contributed by atoms with Gasteiger partial charge in [-0.15, -0.1) is 5.10 Å². The molecule has 0 radical (unpaired) electrons. The molecule has 3 aliphatic rings. The monoisotopic (exact) mass is 453 g/mol. The molecule has 3 aromatic heterocycles. The number of hydrogen-bond acceptors (Lipinski definition) is 8. The first kappa shape index (κ1) is 20.9. The van der Waals surface area contributed by atoms with Gasteiger partial charge in [-0.1, -0.05) is 0 Å². The van der Waals surface area contributed by atoms with Crippen LogP contribution in [0.25, 0.3) is 17.0 Å². The third-order valence-electron chi connectivity index (χ3n) is 6.81. The van der Waals surface area contributed by atoms with E-state index in [0.29, 0.717) is 13.2 Å². The average molecular weight is 454 g/mol. The van der Waals surface area contributed by atoms with Gasteiger partial charge in [0.2, 0.25) is 0 Å². The van der Waals surface area contributed by atoms with E-state index in [2.05, 4.69) is 27.9 Å². The summed E-state index contributed by atoms with van der Waals surface area (Å²) in [6, 6.07) is 4.47. The van der Waals surface area contributed by atoms with Crippen molar-refractivity contribution in [2.75, 3.05) is 62.5 Å². The first-order valence-corrected chi connectivity index (χ1v) is 12.0. The molecule has 176 valence electrons. The lowest BCUT2D eigenvalue weighted by Gasteiger charge is -2.35. The van der Waals surface area contributed by atoms with Gasteiger partial charge in [-0.3, -0.25) is 0 Å². The van der Waals surface area contributed by atoms with Crippen molar-refractivity contribution in [2.45, 2.75) is 38.5 Å². The van der Waals surface area contributed by atoms with Gasteiger partial charge in [-0.2, -0.15) is 5.10 Å². The maximum absolute atomic E-state index is 6.03. The van der Waals surface area contributed by atoms with Crippen LogP contribution in [0.1, 0.15) is 32.4 Å². The fraction of sp³-hybridized carbons (Fsp3) is 0.609. The minimum absolute atomic E-state index is 0.0459. The molecule has 2 atom stereocenters. The van der Waals surface area contributed by atoms with Crippen LogP contribution in [0.4, 0.5) is 11.5 Å². The van der Waals surface area contributed by atoms with Crippen molar-refractivity contribution >= 4 is 17.2 Å². The van der Waals surface area contributed by atoms with Crippen molar-refractivity contribution in [3.8, 4) is 11.4 Å². The number of fused-ring (bicyclic) bond motifs is 1. The van der Waals surface area contributed by atoms with Crippen LogP contribution in [-0.2, 0) is 14.2 Å². The van der Waals surface area contributed by atoms with Gasteiger partial charge in [0.05, 0.1) is 50.0 Å². The smallest absolute Gasteiger partial charge is 0.178 e. The summed E-state index contributed by atoms with van der Waals surface area (Å²) in [5, 5.41) is 9.70. The van der Waals surface area contributed by atoms with Crippen molar-refractivity contribution < 1.29 is 14.2 Å². The minimum atomic E-state index is -0.0459. The van der Waals surface area contributed by atoms with Crippen molar-refractivity contribution in [3.05, 3.63) is 24.5 Å². The lowest BCUT2D eigenvalue weighted by atomic mass is 10.2. The van der Waals surface area contributed by atoms with Crippen molar-refractivity contribution in [1.29, 1.82) is 0 Å². The van der Waals surface area contributed by atoms with E-state index in [4.69, 9.17) is 24.3 Å². The number of rotatable bonds is 4. The number of ether oxygens (including phenoxy) is 3. The van der Waals surface area contributed by atoms with Crippen LogP contribution in [0.2, 0.25) is 0 Å². The van der Waals surface area contributed by atoms with E-state index in [1.807, 2.05) is 27.7 Å². The van der Waals surface area contributed by atoms with E-state index in [-0.39, 0.29) is 12.3 Å². The highest BCUT2D eigenvalue weighted by Gasteiger charge is 2.27. The molecule has 0 spiro atoms. The number of hydrogen-bond donors (Lipinski definition) is 0. The van der Waals surface area contributed by atoms with Gasteiger partial charge in [0, 0.05) is 38.5 Å². The van der Waals surface area contributed by atoms with E-state index >= 15 is 0 Å². The molecule has 0 N–H and O–H groups in total. The van der Waals surface area contributed by atoms with Gasteiger partial charge in [-0.25, -0.2) is 14.2 Å². The van der Waals surface area contributed by atoms with Gasteiger partial charge < -0.3 is 24.0 Å². The Bertz CT molecular complexity index is 1100. The Labute approximate surface area is 193 Å². The van der Waals surface area contributed by atoms with Crippen molar-refractivity contribution in [1.82, 2.24) is 24.4 Å². The molecular weight excluding hydrogens is 422 g/mol. The summed E-state index contributed by atoms with van der Waals surface area (Å²) in [6.07, 6.45) is 6.92. The molecule has 10 nitrogen and oxygen atoms in total. The van der Waals surface area contributed by atoms with Gasteiger partial charge >= 0.3 is 0 Å². The molecule has 0 aromatic carbocycles. The van der Waals surface area contributed by atoms with Crippen LogP contribution in [0.5, 0.6) is 0 Å². The van der Waals surface area contributed by atoms with Crippen LogP contribution in [0, 0.1) is 0 Å². The Morgan fingerprint density at radius 3 is 2.70 bits per heavy atom.